The van der Waals surface area contributed by atoms with Gasteiger partial charge >= 0.3 is 6.36 Å². The maximum atomic E-state index is 12.2. The van der Waals surface area contributed by atoms with Gasteiger partial charge in [0, 0.05) is 12.3 Å². The monoisotopic (exact) mass is 293 g/mol. The molecule has 0 aliphatic carbocycles. The first kappa shape index (κ1) is 13.4. The van der Waals surface area contributed by atoms with Crippen LogP contribution in [0, 0.1) is 6.92 Å². The highest BCUT2D eigenvalue weighted by atomic mass is 19.4. The molecule has 0 saturated carbocycles. The van der Waals surface area contributed by atoms with Crippen molar-refractivity contribution >= 4 is 11.0 Å². The molecule has 0 spiro atoms. The number of aryl methyl sites for hydroxylation is 1. The molecule has 0 bridgehead atoms. The molecule has 2 aromatic heterocycles. The fourth-order valence-corrected chi connectivity index (χ4v) is 2.03. The van der Waals surface area contributed by atoms with Crippen LogP contribution in [0.1, 0.15) is 5.56 Å². The predicted octanol–water partition coefficient (Wildman–Crippen LogP) is 3.83. The number of benzene rings is 1. The smallest absolute Gasteiger partial charge is 0.406 e. The molecule has 0 fully saturated rings. The van der Waals surface area contributed by atoms with Gasteiger partial charge in [-0.2, -0.15) is 0 Å². The summed E-state index contributed by atoms with van der Waals surface area (Å²) >= 11 is 0. The van der Waals surface area contributed by atoms with Crippen molar-refractivity contribution in [2.75, 3.05) is 0 Å². The van der Waals surface area contributed by atoms with Crippen LogP contribution >= 0.6 is 0 Å². The maximum absolute atomic E-state index is 12.2. The van der Waals surface area contributed by atoms with E-state index >= 15 is 0 Å². The molecule has 7 heteroatoms. The average Bonchev–Trinajstić information content (AvgIpc) is 2.80. The molecule has 1 aromatic carbocycles. The van der Waals surface area contributed by atoms with Crippen molar-refractivity contribution < 1.29 is 17.9 Å². The lowest BCUT2D eigenvalue weighted by atomic mass is 10.2. The van der Waals surface area contributed by atoms with Crippen LogP contribution in [-0.4, -0.2) is 21.3 Å². The number of fused-ring (bicyclic) bond motifs is 1. The lowest BCUT2D eigenvalue weighted by Gasteiger charge is -2.07. The summed E-state index contributed by atoms with van der Waals surface area (Å²) in [7, 11) is 0. The minimum atomic E-state index is -4.71. The standard InChI is InChI=1S/C14H10F3N3O/c1-8-3-2-6-18-12(8)13-19-10-5-4-9(7-11(10)20-13)21-14(15,16)17/h2-7H,1H3,(H,19,20). The van der Waals surface area contributed by atoms with Crippen molar-refractivity contribution in [2.24, 2.45) is 0 Å². The Morgan fingerprint density at radius 2 is 2.00 bits per heavy atom. The van der Waals surface area contributed by atoms with Gasteiger partial charge in [-0.1, -0.05) is 6.07 Å². The Hall–Kier alpha value is -2.57. The number of nitrogens with one attached hydrogen (secondary N) is 1. The van der Waals surface area contributed by atoms with Crippen molar-refractivity contribution in [1.29, 1.82) is 0 Å². The number of hydrogen-bond acceptors (Lipinski definition) is 3. The number of pyridine rings is 1. The van der Waals surface area contributed by atoms with Gasteiger partial charge < -0.3 is 9.72 Å². The highest BCUT2D eigenvalue weighted by molar-refractivity contribution is 5.80. The third-order valence-corrected chi connectivity index (χ3v) is 2.92. The van der Waals surface area contributed by atoms with Crippen LogP contribution in [0.15, 0.2) is 36.5 Å². The van der Waals surface area contributed by atoms with E-state index in [1.54, 1.807) is 12.3 Å². The minimum absolute atomic E-state index is 0.289. The van der Waals surface area contributed by atoms with Crippen molar-refractivity contribution in [1.82, 2.24) is 15.0 Å². The number of nitrogens with zero attached hydrogens (tertiary/aromatic N) is 2. The van der Waals surface area contributed by atoms with Gasteiger partial charge in [-0.15, -0.1) is 13.2 Å². The largest absolute Gasteiger partial charge is 0.573 e. The summed E-state index contributed by atoms with van der Waals surface area (Å²) in [6.45, 7) is 1.88. The van der Waals surface area contributed by atoms with Crippen molar-refractivity contribution in [2.45, 2.75) is 13.3 Å². The quantitative estimate of drug-likeness (QED) is 0.781. The lowest BCUT2D eigenvalue weighted by molar-refractivity contribution is -0.274. The summed E-state index contributed by atoms with van der Waals surface area (Å²) < 4.78 is 40.5. The molecule has 0 radical (unpaired) electrons. The summed E-state index contributed by atoms with van der Waals surface area (Å²) in [5, 5.41) is 0. The molecule has 0 saturated heterocycles. The summed E-state index contributed by atoms with van der Waals surface area (Å²) in [6.07, 6.45) is -3.08. The minimum Gasteiger partial charge on any atom is -0.406 e. The second-order valence-corrected chi connectivity index (χ2v) is 4.48. The molecule has 108 valence electrons. The van der Waals surface area contributed by atoms with Crippen LogP contribution in [-0.2, 0) is 0 Å². The Bertz CT molecular complexity index is 796. The number of halogens is 3. The second-order valence-electron chi connectivity index (χ2n) is 4.48. The molecule has 0 atom stereocenters. The van der Waals surface area contributed by atoms with E-state index in [1.165, 1.54) is 18.2 Å². The van der Waals surface area contributed by atoms with Crippen molar-refractivity contribution in [3.05, 3.63) is 42.1 Å². The van der Waals surface area contributed by atoms with Crippen LogP contribution in [0.5, 0.6) is 5.75 Å². The SMILES string of the molecule is Cc1cccnc1-c1nc2ccc(OC(F)(F)F)cc2[nH]1. The van der Waals surface area contributed by atoms with E-state index in [9.17, 15) is 13.2 Å². The Morgan fingerprint density at radius 3 is 2.71 bits per heavy atom. The lowest BCUT2D eigenvalue weighted by Crippen LogP contribution is -2.16. The number of aromatic nitrogens is 3. The van der Waals surface area contributed by atoms with E-state index < -0.39 is 6.36 Å². The van der Waals surface area contributed by atoms with Crippen LogP contribution in [0.4, 0.5) is 13.2 Å². The zero-order chi connectivity index (χ0) is 15.0. The molecule has 0 unspecified atom stereocenters. The van der Waals surface area contributed by atoms with Gasteiger partial charge in [-0.05, 0) is 30.7 Å². The zero-order valence-electron chi connectivity index (χ0n) is 10.9. The number of imidazole rings is 1. The molecular weight excluding hydrogens is 283 g/mol. The van der Waals surface area contributed by atoms with E-state index in [2.05, 4.69) is 19.7 Å². The Kier molecular flexibility index (Phi) is 3.04. The van der Waals surface area contributed by atoms with Gasteiger partial charge in [0.15, 0.2) is 5.82 Å². The molecule has 0 aliphatic rings. The fraction of sp³-hybridized carbons (Fsp3) is 0.143. The number of hydrogen-bond donors (Lipinski definition) is 1. The van der Waals surface area contributed by atoms with E-state index in [0.29, 0.717) is 22.6 Å². The van der Waals surface area contributed by atoms with Gasteiger partial charge in [0.25, 0.3) is 0 Å². The van der Waals surface area contributed by atoms with E-state index in [-0.39, 0.29) is 5.75 Å². The maximum Gasteiger partial charge on any atom is 0.573 e. The van der Waals surface area contributed by atoms with Crippen LogP contribution < -0.4 is 4.74 Å². The van der Waals surface area contributed by atoms with Crippen LogP contribution in [0.3, 0.4) is 0 Å². The second kappa shape index (κ2) is 4.76. The van der Waals surface area contributed by atoms with Crippen LogP contribution in [0.2, 0.25) is 0 Å². The van der Waals surface area contributed by atoms with E-state index in [1.807, 2.05) is 13.0 Å². The third-order valence-electron chi connectivity index (χ3n) is 2.92. The fourth-order valence-electron chi connectivity index (χ4n) is 2.03. The highest BCUT2D eigenvalue weighted by Crippen LogP contribution is 2.27. The number of aromatic amines is 1. The third kappa shape index (κ3) is 2.81. The normalized spacial score (nSPS) is 11.8. The highest BCUT2D eigenvalue weighted by Gasteiger charge is 2.31. The molecular formula is C14H10F3N3O. The van der Waals surface area contributed by atoms with Crippen molar-refractivity contribution in [3.8, 4) is 17.3 Å². The first-order valence-corrected chi connectivity index (χ1v) is 6.10. The molecule has 0 amide bonds. The van der Waals surface area contributed by atoms with E-state index in [4.69, 9.17) is 0 Å². The summed E-state index contributed by atoms with van der Waals surface area (Å²) in [4.78, 5) is 11.5. The summed E-state index contributed by atoms with van der Waals surface area (Å²) in [5.41, 5.74) is 2.58. The molecule has 2 heterocycles. The first-order valence-electron chi connectivity index (χ1n) is 6.10. The topological polar surface area (TPSA) is 50.8 Å². The molecule has 3 aromatic rings. The predicted molar refractivity (Wildman–Crippen MR) is 70.7 cm³/mol. The van der Waals surface area contributed by atoms with Gasteiger partial charge in [0.05, 0.1) is 11.0 Å². The molecule has 3 rings (SSSR count). The number of rotatable bonds is 2. The first-order chi connectivity index (χ1) is 9.92. The number of ether oxygens (including phenoxy) is 1. The van der Waals surface area contributed by atoms with Crippen LogP contribution in [0.25, 0.3) is 22.6 Å². The van der Waals surface area contributed by atoms with Gasteiger partial charge in [0.2, 0.25) is 0 Å². The molecule has 1 N–H and O–H groups in total. The van der Waals surface area contributed by atoms with E-state index in [0.717, 1.165) is 5.56 Å². The summed E-state index contributed by atoms with van der Waals surface area (Å²) in [5.74, 6) is 0.218. The molecule has 0 aliphatic heterocycles. The molecule has 4 nitrogen and oxygen atoms in total. The Balaban J connectivity index is 2.03. The van der Waals surface area contributed by atoms with Crippen molar-refractivity contribution in [3.63, 3.8) is 0 Å². The summed E-state index contributed by atoms with van der Waals surface area (Å²) in [6, 6.07) is 7.64. The molecule has 21 heavy (non-hydrogen) atoms. The number of alkyl halides is 3. The Morgan fingerprint density at radius 1 is 1.19 bits per heavy atom. The average molecular weight is 293 g/mol. The zero-order valence-corrected chi connectivity index (χ0v) is 10.9. The van der Waals surface area contributed by atoms with Gasteiger partial charge in [0.1, 0.15) is 11.4 Å². The van der Waals surface area contributed by atoms with Gasteiger partial charge in [-0.3, -0.25) is 4.98 Å². The van der Waals surface area contributed by atoms with Gasteiger partial charge in [-0.25, -0.2) is 4.98 Å². The number of H-pyrrole nitrogens is 1. The Labute approximate surface area is 117 Å².